The Morgan fingerprint density at radius 3 is 2.52 bits per heavy atom. The van der Waals surface area contributed by atoms with E-state index in [1.54, 1.807) is 0 Å². The number of carbonyl (C=O) groups excluding carboxylic acids is 2. The molecule has 1 saturated heterocycles. The number of carbonyl (C=O) groups is 2. The normalized spacial score (nSPS) is 16.0. The zero-order valence-corrected chi connectivity index (χ0v) is 12.4. The van der Waals surface area contributed by atoms with Gasteiger partial charge in [0.1, 0.15) is 5.75 Å². The number of halogens is 3. The van der Waals surface area contributed by atoms with Crippen LogP contribution in [0.15, 0.2) is 24.3 Å². The van der Waals surface area contributed by atoms with Gasteiger partial charge in [-0.25, -0.2) is 0 Å². The van der Waals surface area contributed by atoms with E-state index in [0.29, 0.717) is 18.7 Å². The third-order valence-corrected chi connectivity index (χ3v) is 3.38. The Balaban J connectivity index is 1.88. The van der Waals surface area contributed by atoms with Crippen LogP contribution in [0.4, 0.5) is 18.9 Å². The van der Waals surface area contributed by atoms with E-state index in [1.165, 1.54) is 17.0 Å². The molecule has 0 saturated carbocycles. The zero-order chi connectivity index (χ0) is 16.9. The molecule has 0 aliphatic carbocycles. The van der Waals surface area contributed by atoms with Gasteiger partial charge in [0.2, 0.25) is 11.8 Å². The second kappa shape index (κ2) is 7.34. The second-order valence-corrected chi connectivity index (χ2v) is 5.25. The van der Waals surface area contributed by atoms with Crippen molar-refractivity contribution in [1.82, 2.24) is 4.90 Å². The molecule has 23 heavy (non-hydrogen) atoms. The SMILES string of the molecule is O=C(CN1CCCCCC1=O)Nc1ccc(OC(F)(F)F)cc1. The van der Waals surface area contributed by atoms with Crippen molar-refractivity contribution in [3.8, 4) is 5.75 Å². The number of rotatable bonds is 4. The largest absolute Gasteiger partial charge is 0.573 e. The first-order chi connectivity index (χ1) is 10.8. The van der Waals surface area contributed by atoms with Crippen molar-refractivity contribution in [2.75, 3.05) is 18.4 Å². The van der Waals surface area contributed by atoms with E-state index in [9.17, 15) is 22.8 Å². The Morgan fingerprint density at radius 1 is 1.17 bits per heavy atom. The predicted molar refractivity (Wildman–Crippen MR) is 76.8 cm³/mol. The average molecular weight is 330 g/mol. The predicted octanol–water partition coefficient (Wildman–Crippen LogP) is 2.93. The van der Waals surface area contributed by atoms with Crippen LogP contribution < -0.4 is 10.1 Å². The highest BCUT2D eigenvalue weighted by atomic mass is 19.4. The van der Waals surface area contributed by atoms with Crippen LogP contribution in [0.25, 0.3) is 0 Å². The number of nitrogens with zero attached hydrogens (tertiary/aromatic N) is 1. The smallest absolute Gasteiger partial charge is 0.406 e. The van der Waals surface area contributed by atoms with E-state index in [2.05, 4.69) is 10.1 Å². The lowest BCUT2D eigenvalue weighted by atomic mass is 10.2. The number of nitrogens with one attached hydrogen (secondary N) is 1. The molecule has 0 spiro atoms. The minimum atomic E-state index is -4.75. The molecule has 0 bridgehead atoms. The van der Waals surface area contributed by atoms with Crippen molar-refractivity contribution >= 4 is 17.5 Å². The summed E-state index contributed by atoms with van der Waals surface area (Å²) in [7, 11) is 0. The fourth-order valence-electron chi connectivity index (χ4n) is 2.32. The van der Waals surface area contributed by atoms with Crippen LogP contribution in [-0.2, 0) is 9.59 Å². The second-order valence-electron chi connectivity index (χ2n) is 5.25. The highest BCUT2D eigenvalue weighted by Crippen LogP contribution is 2.24. The topological polar surface area (TPSA) is 58.6 Å². The van der Waals surface area contributed by atoms with Gasteiger partial charge in [0.15, 0.2) is 0 Å². The van der Waals surface area contributed by atoms with Gasteiger partial charge in [-0.2, -0.15) is 0 Å². The van der Waals surface area contributed by atoms with E-state index in [-0.39, 0.29) is 24.1 Å². The van der Waals surface area contributed by atoms with Gasteiger partial charge in [0, 0.05) is 18.7 Å². The lowest BCUT2D eigenvalue weighted by molar-refractivity contribution is -0.274. The van der Waals surface area contributed by atoms with E-state index >= 15 is 0 Å². The summed E-state index contributed by atoms with van der Waals surface area (Å²) < 4.78 is 39.9. The van der Waals surface area contributed by atoms with Gasteiger partial charge in [-0.3, -0.25) is 9.59 Å². The number of hydrogen-bond donors (Lipinski definition) is 1. The number of anilines is 1. The minimum Gasteiger partial charge on any atom is -0.406 e. The summed E-state index contributed by atoms with van der Waals surface area (Å²) in [5, 5.41) is 2.55. The van der Waals surface area contributed by atoms with Gasteiger partial charge in [0.25, 0.3) is 0 Å². The molecule has 2 rings (SSSR count). The molecule has 0 unspecified atom stereocenters. The standard InChI is InChI=1S/C15H17F3N2O3/c16-15(17,18)23-12-7-5-11(6-8-12)19-13(21)10-20-9-3-1-2-4-14(20)22/h5-8H,1-4,9-10H2,(H,19,21). The molecule has 8 heteroatoms. The van der Waals surface area contributed by atoms with Gasteiger partial charge in [-0.1, -0.05) is 6.42 Å². The molecule has 1 N–H and O–H groups in total. The maximum Gasteiger partial charge on any atom is 0.573 e. The number of likely N-dealkylation sites (tertiary alicyclic amines) is 1. The summed E-state index contributed by atoms with van der Waals surface area (Å²) in [6.45, 7) is 0.490. The Labute approximate surface area is 131 Å². The molecule has 0 atom stereocenters. The lowest BCUT2D eigenvalue weighted by Crippen LogP contribution is -2.37. The fourth-order valence-corrected chi connectivity index (χ4v) is 2.32. The molecule has 1 aliphatic rings. The van der Waals surface area contributed by atoms with Crippen LogP contribution in [0.1, 0.15) is 25.7 Å². The van der Waals surface area contributed by atoms with Crippen LogP contribution in [0, 0.1) is 0 Å². The summed E-state index contributed by atoms with van der Waals surface area (Å²) in [6.07, 6.45) is -1.65. The molecule has 1 aliphatic heterocycles. The number of amides is 2. The Bertz CT molecular complexity index is 558. The molecule has 1 fully saturated rings. The minimum absolute atomic E-state index is 0.0495. The van der Waals surface area contributed by atoms with E-state index in [1.807, 2.05) is 0 Å². The van der Waals surface area contributed by atoms with Crippen molar-refractivity contribution in [3.63, 3.8) is 0 Å². The van der Waals surface area contributed by atoms with Gasteiger partial charge in [-0.05, 0) is 37.1 Å². The molecule has 0 radical (unpaired) electrons. The third kappa shape index (κ3) is 5.80. The highest BCUT2D eigenvalue weighted by molar-refractivity contribution is 5.94. The Hall–Kier alpha value is -2.25. The van der Waals surface area contributed by atoms with Crippen LogP contribution in [-0.4, -0.2) is 36.2 Å². The molecular weight excluding hydrogens is 313 g/mol. The van der Waals surface area contributed by atoms with Gasteiger partial charge < -0.3 is 15.0 Å². The van der Waals surface area contributed by atoms with Gasteiger partial charge in [-0.15, -0.1) is 13.2 Å². The zero-order valence-electron chi connectivity index (χ0n) is 12.4. The van der Waals surface area contributed by atoms with Crippen molar-refractivity contribution in [1.29, 1.82) is 0 Å². The van der Waals surface area contributed by atoms with Crippen LogP contribution in [0.3, 0.4) is 0 Å². The van der Waals surface area contributed by atoms with Gasteiger partial charge in [0.05, 0.1) is 6.54 Å². The molecule has 1 aromatic rings. The molecule has 0 aromatic heterocycles. The first kappa shape index (κ1) is 17.1. The Morgan fingerprint density at radius 2 is 1.87 bits per heavy atom. The average Bonchev–Trinajstić information content (AvgIpc) is 2.65. The first-order valence-corrected chi connectivity index (χ1v) is 7.27. The lowest BCUT2D eigenvalue weighted by Gasteiger charge is -2.19. The maximum absolute atomic E-state index is 12.1. The number of ether oxygens (including phenoxy) is 1. The summed E-state index contributed by atoms with van der Waals surface area (Å²) in [5.41, 5.74) is 0.340. The third-order valence-electron chi connectivity index (χ3n) is 3.38. The summed E-state index contributed by atoms with van der Waals surface area (Å²) in [6, 6.07) is 4.84. The molecule has 5 nitrogen and oxygen atoms in total. The van der Waals surface area contributed by atoms with Crippen molar-refractivity contribution in [2.45, 2.75) is 32.0 Å². The molecule has 1 aromatic carbocycles. The highest BCUT2D eigenvalue weighted by Gasteiger charge is 2.31. The number of benzene rings is 1. The summed E-state index contributed by atoms with van der Waals surface area (Å²) >= 11 is 0. The summed E-state index contributed by atoms with van der Waals surface area (Å²) in [5.74, 6) is -0.797. The van der Waals surface area contributed by atoms with Crippen molar-refractivity contribution in [3.05, 3.63) is 24.3 Å². The summed E-state index contributed by atoms with van der Waals surface area (Å²) in [4.78, 5) is 25.2. The molecule has 126 valence electrons. The number of alkyl halides is 3. The monoisotopic (exact) mass is 330 g/mol. The van der Waals surface area contributed by atoms with Crippen LogP contribution in [0.2, 0.25) is 0 Å². The molecule has 1 heterocycles. The van der Waals surface area contributed by atoms with Crippen molar-refractivity contribution in [2.24, 2.45) is 0 Å². The van der Waals surface area contributed by atoms with Crippen molar-refractivity contribution < 1.29 is 27.5 Å². The first-order valence-electron chi connectivity index (χ1n) is 7.27. The Kier molecular flexibility index (Phi) is 5.46. The molecule has 2 amide bonds. The molecular formula is C15H17F3N2O3. The van der Waals surface area contributed by atoms with Crippen LogP contribution in [0.5, 0.6) is 5.75 Å². The van der Waals surface area contributed by atoms with E-state index in [4.69, 9.17) is 0 Å². The van der Waals surface area contributed by atoms with Gasteiger partial charge >= 0.3 is 6.36 Å². The number of hydrogen-bond acceptors (Lipinski definition) is 3. The maximum atomic E-state index is 12.1. The van der Waals surface area contributed by atoms with E-state index < -0.39 is 6.36 Å². The fraction of sp³-hybridized carbons (Fsp3) is 0.467. The quantitative estimate of drug-likeness (QED) is 0.923. The van der Waals surface area contributed by atoms with E-state index in [0.717, 1.165) is 31.4 Å². The van der Waals surface area contributed by atoms with Crippen LogP contribution >= 0.6 is 0 Å².